The Morgan fingerprint density at radius 3 is 2.51 bits per heavy atom. The molecule has 5 rings (SSSR count). The van der Waals surface area contributed by atoms with Gasteiger partial charge in [0.05, 0.1) is 11.2 Å². The first-order valence-corrected chi connectivity index (χ1v) is 13.3. The quantitative estimate of drug-likeness (QED) is 0.306. The Morgan fingerprint density at radius 1 is 0.974 bits per heavy atom. The Bertz CT molecular complexity index is 1440. The minimum Gasteiger partial charge on any atom is -0.377 e. The number of nitrogens with one attached hydrogen (secondary N) is 4. The van der Waals surface area contributed by atoms with Crippen molar-refractivity contribution in [1.82, 2.24) is 26.4 Å². The second kappa shape index (κ2) is 11.5. The zero-order valence-electron chi connectivity index (χ0n) is 21.8. The van der Waals surface area contributed by atoms with Gasteiger partial charge in [-0.3, -0.25) is 19.4 Å². The molecule has 3 aromatic rings. The Labute approximate surface area is 228 Å². The first-order chi connectivity index (χ1) is 18.9. The first-order valence-electron chi connectivity index (χ1n) is 13.3. The number of carbonyl (C=O) groups excluding carboxylic acids is 3. The SMILES string of the molecule is C=C(NCc1ccccc1C(=O)NC1(c2ccc3ccccc3c2)CC1)C(=O)NC/C=C/C(=O)N1CCCN1. The normalized spacial score (nSPS) is 15.7. The molecule has 2 fully saturated rings. The average molecular weight is 524 g/mol. The van der Waals surface area contributed by atoms with Gasteiger partial charge in [-0.05, 0) is 53.3 Å². The van der Waals surface area contributed by atoms with Crippen LogP contribution < -0.4 is 21.4 Å². The van der Waals surface area contributed by atoms with Gasteiger partial charge < -0.3 is 16.0 Å². The van der Waals surface area contributed by atoms with Gasteiger partial charge in [0.2, 0.25) is 0 Å². The number of amides is 3. The number of fused-ring (bicyclic) bond motifs is 1. The molecule has 0 radical (unpaired) electrons. The Kier molecular flexibility index (Phi) is 7.74. The highest BCUT2D eigenvalue weighted by Gasteiger charge is 2.46. The summed E-state index contributed by atoms with van der Waals surface area (Å²) in [5.41, 5.74) is 5.25. The van der Waals surface area contributed by atoms with Crippen LogP contribution >= 0.6 is 0 Å². The molecule has 39 heavy (non-hydrogen) atoms. The van der Waals surface area contributed by atoms with Crippen molar-refractivity contribution < 1.29 is 14.4 Å². The van der Waals surface area contributed by atoms with Crippen LogP contribution in [0, 0.1) is 0 Å². The zero-order chi connectivity index (χ0) is 27.2. The fourth-order valence-corrected chi connectivity index (χ4v) is 4.79. The maximum atomic E-state index is 13.4. The molecule has 2 aliphatic rings. The standard InChI is InChI=1S/C31H33N5O3/c1-22(29(38)32-17-6-12-28(37)36-19-7-18-34-36)33-21-25-10-4-5-11-27(25)30(39)35-31(15-16-31)26-14-13-23-8-2-3-9-24(23)20-26/h2-6,8-14,20,33-34H,1,7,15-19,21H2,(H,32,38)(H,35,39)/b12-6+. The maximum absolute atomic E-state index is 13.4. The van der Waals surface area contributed by atoms with Gasteiger partial charge in [-0.1, -0.05) is 67.3 Å². The molecule has 0 unspecified atom stereocenters. The van der Waals surface area contributed by atoms with Crippen LogP contribution in [0.1, 0.15) is 40.7 Å². The van der Waals surface area contributed by atoms with Gasteiger partial charge in [0, 0.05) is 37.8 Å². The minimum absolute atomic E-state index is 0.137. The van der Waals surface area contributed by atoms with E-state index in [0.717, 1.165) is 42.3 Å². The molecule has 1 heterocycles. The van der Waals surface area contributed by atoms with Crippen molar-refractivity contribution in [3.05, 3.63) is 108 Å². The number of benzene rings is 3. The lowest BCUT2D eigenvalue weighted by Crippen LogP contribution is -2.36. The molecular weight excluding hydrogens is 490 g/mol. The molecule has 3 aromatic carbocycles. The first kappa shape index (κ1) is 26.2. The van der Waals surface area contributed by atoms with Crippen LogP contribution in [0.4, 0.5) is 0 Å². The van der Waals surface area contributed by atoms with Crippen molar-refractivity contribution in [3.63, 3.8) is 0 Å². The third kappa shape index (κ3) is 6.18. The van der Waals surface area contributed by atoms with Crippen molar-refractivity contribution in [3.8, 4) is 0 Å². The van der Waals surface area contributed by atoms with Crippen LogP contribution in [0.2, 0.25) is 0 Å². The molecule has 1 saturated heterocycles. The van der Waals surface area contributed by atoms with E-state index in [1.807, 2.05) is 30.3 Å². The summed E-state index contributed by atoms with van der Waals surface area (Å²) in [7, 11) is 0. The molecule has 0 aromatic heterocycles. The van der Waals surface area contributed by atoms with E-state index in [-0.39, 0.29) is 42.0 Å². The highest BCUT2D eigenvalue weighted by molar-refractivity contribution is 5.97. The Balaban J connectivity index is 1.15. The zero-order valence-corrected chi connectivity index (χ0v) is 21.8. The van der Waals surface area contributed by atoms with Gasteiger partial charge >= 0.3 is 0 Å². The molecule has 0 spiro atoms. The summed E-state index contributed by atoms with van der Waals surface area (Å²) in [5, 5.41) is 12.9. The molecule has 0 atom stereocenters. The van der Waals surface area contributed by atoms with Gasteiger partial charge in [0.15, 0.2) is 0 Å². The number of nitrogens with zero attached hydrogens (tertiary/aromatic N) is 1. The van der Waals surface area contributed by atoms with Crippen LogP contribution in [-0.4, -0.2) is 42.4 Å². The van der Waals surface area contributed by atoms with Gasteiger partial charge in [0.1, 0.15) is 0 Å². The number of rotatable bonds is 10. The van der Waals surface area contributed by atoms with Crippen molar-refractivity contribution >= 4 is 28.5 Å². The third-order valence-electron chi connectivity index (χ3n) is 7.20. The minimum atomic E-state index is -0.374. The summed E-state index contributed by atoms with van der Waals surface area (Å²) in [6, 6.07) is 21.9. The topological polar surface area (TPSA) is 103 Å². The number of hydrazine groups is 1. The number of hydrogen-bond donors (Lipinski definition) is 4. The van der Waals surface area contributed by atoms with Crippen LogP contribution in [0.25, 0.3) is 10.8 Å². The summed E-state index contributed by atoms with van der Waals surface area (Å²) in [4.78, 5) is 37.8. The van der Waals surface area contributed by atoms with Gasteiger partial charge in [-0.25, -0.2) is 5.43 Å². The summed E-state index contributed by atoms with van der Waals surface area (Å²) >= 11 is 0. The van der Waals surface area contributed by atoms with E-state index in [1.165, 1.54) is 11.5 Å². The summed E-state index contributed by atoms with van der Waals surface area (Å²) in [5.74, 6) is -0.654. The van der Waals surface area contributed by atoms with E-state index in [0.29, 0.717) is 12.1 Å². The fourth-order valence-electron chi connectivity index (χ4n) is 4.79. The van der Waals surface area contributed by atoms with Gasteiger partial charge in [0.25, 0.3) is 17.7 Å². The predicted molar refractivity (Wildman–Crippen MR) is 151 cm³/mol. The largest absolute Gasteiger partial charge is 0.377 e. The van der Waals surface area contributed by atoms with Crippen molar-refractivity contribution in [2.24, 2.45) is 0 Å². The molecule has 1 saturated carbocycles. The third-order valence-corrected chi connectivity index (χ3v) is 7.20. The molecule has 1 aliphatic heterocycles. The summed E-state index contributed by atoms with van der Waals surface area (Å²) in [6.07, 6.45) is 5.76. The van der Waals surface area contributed by atoms with Crippen LogP contribution in [0.15, 0.2) is 91.2 Å². The van der Waals surface area contributed by atoms with Gasteiger partial charge in [-0.15, -0.1) is 0 Å². The van der Waals surface area contributed by atoms with Crippen molar-refractivity contribution in [2.75, 3.05) is 19.6 Å². The van der Waals surface area contributed by atoms with E-state index >= 15 is 0 Å². The van der Waals surface area contributed by atoms with Crippen LogP contribution in [0.3, 0.4) is 0 Å². The molecule has 1 aliphatic carbocycles. The highest BCUT2D eigenvalue weighted by Crippen LogP contribution is 2.46. The van der Waals surface area contributed by atoms with Crippen LogP contribution in [-0.2, 0) is 21.7 Å². The Morgan fingerprint density at radius 2 is 1.74 bits per heavy atom. The van der Waals surface area contributed by atoms with E-state index < -0.39 is 0 Å². The highest BCUT2D eigenvalue weighted by atomic mass is 16.2. The van der Waals surface area contributed by atoms with Crippen LogP contribution in [0.5, 0.6) is 0 Å². The predicted octanol–water partition coefficient (Wildman–Crippen LogP) is 3.27. The molecule has 3 amide bonds. The lowest BCUT2D eigenvalue weighted by atomic mass is 9.99. The van der Waals surface area contributed by atoms with E-state index in [1.54, 1.807) is 17.2 Å². The monoisotopic (exact) mass is 523 g/mol. The summed E-state index contributed by atoms with van der Waals surface area (Å²) in [6.45, 7) is 5.77. The molecule has 0 bridgehead atoms. The second-order valence-electron chi connectivity index (χ2n) is 9.95. The smallest absolute Gasteiger partial charge is 0.266 e. The maximum Gasteiger partial charge on any atom is 0.266 e. The van der Waals surface area contributed by atoms with E-state index in [2.05, 4.69) is 58.3 Å². The molecule has 4 N–H and O–H groups in total. The average Bonchev–Trinajstić information content (AvgIpc) is 3.52. The van der Waals surface area contributed by atoms with E-state index in [4.69, 9.17) is 0 Å². The lowest BCUT2D eigenvalue weighted by molar-refractivity contribution is -0.127. The molecular formula is C31H33N5O3. The lowest BCUT2D eigenvalue weighted by Gasteiger charge is -2.20. The molecule has 200 valence electrons. The molecule has 8 heteroatoms. The van der Waals surface area contributed by atoms with Crippen molar-refractivity contribution in [2.45, 2.75) is 31.3 Å². The summed E-state index contributed by atoms with van der Waals surface area (Å²) < 4.78 is 0. The van der Waals surface area contributed by atoms with E-state index in [9.17, 15) is 14.4 Å². The number of hydrogen-bond acceptors (Lipinski definition) is 5. The second-order valence-corrected chi connectivity index (χ2v) is 9.95. The van der Waals surface area contributed by atoms with Crippen molar-refractivity contribution in [1.29, 1.82) is 0 Å². The fraction of sp³-hybridized carbons (Fsp3) is 0.258. The van der Waals surface area contributed by atoms with Gasteiger partial charge in [-0.2, -0.15) is 0 Å². The molecule has 8 nitrogen and oxygen atoms in total. The Hall–Kier alpha value is -4.43. The number of carbonyl (C=O) groups is 3.